The maximum absolute atomic E-state index is 3.15. The second-order valence-corrected chi connectivity index (χ2v) is 8.96. The van der Waals surface area contributed by atoms with Gasteiger partial charge < -0.3 is 0 Å². The summed E-state index contributed by atoms with van der Waals surface area (Å²) in [4.78, 5) is 1.33. The van der Waals surface area contributed by atoms with Crippen molar-refractivity contribution in [3.8, 4) is 23.7 Å². The van der Waals surface area contributed by atoms with E-state index in [-0.39, 0.29) is 0 Å². The maximum Gasteiger partial charge on any atom is 0.0256 e. The minimum absolute atomic E-state index is 1.03. The first-order chi connectivity index (χ1) is 14.8. The lowest BCUT2D eigenvalue weighted by atomic mass is 10.0. The van der Waals surface area contributed by atoms with Gasteiger partial charge in [-0.1, -0.05) is 82.8 Å². The highest BCUT2D eigenvalue weighted by Gasteiger charge is 1.96. The van der Waals surface area contributed by atoms with Gasteiger partial charge in [0.15, 0.2) is 0 Å². The molecule has 0 aliphatic heterocycles. The van der Waals surface area contributed by atoms with Crippen molar-refractivity contribution in [2.24, 2.45) is 0 Å². The van der Waals surface area contributed by atoms with Crippen LogP contribution in [0.5, 0.6) is 0 Å². The van der Waals surface area contributed by atoms with Gasteiger partial charge in [0.25, 0.3) is 0 Å². The second-order valence-electron chi connectivity index (χ2n) is 7.79. The van der Waals surface area contributed by atoms with Gasteiger partial charge in [0.05, 0.1) is 0 Å². The number of benzene rings is 2. The van der Waals surface area contributed by atoms with Gasteiger partial charge in [0, 0.05) is 16.0 Å². The summed E-state index contributed by atoms with van der Waals surface area (Å²) in [7, 11) is 0. The van der Waals surface area contributed by atoms with E-state index >= 15 is 0 Å². The molecule has 2 rings (SSSR count). The first kappa shape index (κ1) is 24.2. The third kappa shape index (κ3) is 10.6. The normalized spacial score (nSPS) is 10.1. The van der Waals surface area contributed by atoms with Crippen molar-refractivity contribution in [1.82, 2.24) is 0 Å². The van der Waals surface area contributed by atoms with Crippen molar-refractivity contribution in [1.29, 1.82) is 0 Å². The SMILES string of the molecule is CCCCCCCc1ccc(C#CC#Cc2ccc(SCCCCCC)cc2)cc1. The number of unbranched alkanes of at least 4 members (excludes halogenated alkanes) is 7. The number of hydrogen-bond donors (Lipinski definition) is 0. The number of aryl methyl sites for hydroxylation is 1. The van der Waals surface area contributed by atoms with Gasteiger partial charge in [-0.25, -0.2) is 0 Å². The average molecular weight is 417 g/mol. The maximum atomic E-state index is 3.15. The fourth-order valence-corrected chi connectivity index (χ4v) is 4.16. The lowest BCUT2D eigenvalue weighted by molar-refractivity contribution is 0.632. The number of rotatable bonds is 12. The Labute approximate surface area is 189 Å². The summed E-state index contributed by atoms with van der Waals surface area (Å²) in [6.45, 7) is 4.51. The Morgan fingerprint density at radius 1 is 0.600 bits per heavy atom. The minimum atomic E-state index is 1.03. The van der Waals surface area contributed by atoms with Gasteiger partial charge in [-0.2, -0.15) is 0 Å². The van der Waals surface area contributed by atoms with Crippen LogP contribution < -0.4 is 0 Å². The summed E-state index contributed by atoms with van der Waals surface area (Å²) < 4.78 is 0. The largest absolute Gasteiger partial charge is 0.126 e. The van der Waals surface area contributed by atoms with E-state index in [1.54, 1.807) is 0 Å². The zero-order chi connectivity index (χ0) is 21.3. The van der Waals surface area contributed by atoms with E-state index in [0.717, 1.165) is 11.1 Å². The first-order valence-electron chi connectivity index (χ1n) is 11.7. The molecule has 2 aromatic rings. The molecule has 0 radical (unpaired) electrons. The van der Waals surface area contributed by atoms with Crippen molar-refractivity contribution < 1.29 is 0 Å². The van der Waals surface area contributed by atoms with Crippen LogP contribution in [-0.2, 0) is 6.42 Å². The molecule has 0 bridgehead atoms. The van der Waals surface area contributed by atoms with Gasteiger partial charge in [-0.05, 0) is 78.8 Å². The summed E-state index contributed by atoms with van der Waals surface area (Å²) in [6, 6.07) is 17.2. The number of thioether (sulfide) groups is 1. The topological polar surface area (TPSA) is 0 Å². The molecule has 0 nitrogen and oxygen atoms in total. The third-order valence-corrected chi connectivity index (χ3v) is 6.22. The van der Waals surface area contributed by atoms with Crippen molar-refractivity contribution in [2.45, 2.75) is 83.0 Å². The minimum Gasteiger partial charge on any atom is -0.126 e. The Balaban J connectivity index is 1.75. The molecule has 0 aliphatic rings. The zero-order valence-electron chi connectivity index (χ0n) is 18.8. The lowest BCUT2D eigenvalue weighted by Crippen LogP contribution is -1.86. The standard InChI is InChI=1S/C29H36S/c1-3-5-7-9-10-14-26-17-19-27(20-18-26)15-11-12-16-28-21-23-29(24-22-28)30-25-13-8-6-4-2/h17-24H,3-10,13-14,25H2,1-2H3. The molecule has 0 aromatic heterocycles. The van der Waals surface area contributed by atoms with Crippen LogP contribution in [0, 0.1) is 23.7 Å². The van der Waals surface area contributed by atoms with Crippen LogP contribution in [0.3, 0.4) is 0 Å². The molecule has 158 valence electrons. The molecule has 0 atom stereocenters. The summed E-state index contributed by atoms with van der Waals surface area (Å²) in [5, 5.41) is 0. The molecule has 30 heavy (non-hydrogen) atoms. The van der Waals surface area contributed by atoms with E-state index in [1.807, 2.05) is 11.8 Å². The Bertz CT molecular complexity index is 749. The molecule has 0 saturated heterocycles. The Kier molecular flexibility index (Phi) is 12.7. The Morgan fingerprint density at radius 2 is 1.13 bits per heavy atom. The zero-order valence-corrected chi connectivity index (χ0v) is 19.6. The van der Waals surface area contributed by atoms with Crippen molar-refractivity contribution >= 4 is 11.8 Å². The van der Waals surface area contributed by atoms with Crippen molar-refractivity contribution in [2.75, 3.05) is 5.75 Å². The molecule has 2 aromatic carbocycles. The molecule has 1 heteroatoms. The molecule has 0 aliphatic carbocycles. The summed E-state index contributed by atoms with van der Waals surface area (Å²) >= 11 is 1.94. The molecule has 0 N–H and O–H groups in total. The molecule has 0 spiro atoms. The fourth-order valence-electron chi connectivity index (χ4n) is 3.25. The van der Waals surface area contributed by atoms with Crippen LogP contribution in [0.25, 0.3) is 0 Å². The number of hydrogen-bond acceptors (Lipinski definition) is 1. The second kappa shape index (κ2) is 15.7. The van der Waals surface area contributed by atoms with Gasteiger partial charge in [-0.15, -0.1) is 11.8 Å². The monoisotopic (exact) mass is 416 g/mol. The van der Waals surface area contributed by atoms with E-state index in [1.165, 1.54) is 80.4 Å². The summed E-state index contributed by atoms with van der Waals surface area (Å²) in [5.74, 6) is 13.5. The Morgan fingerprint density at radius 3 is 1.73 bits per heavy atom. The molecule has 0 amide bonds. The smallest absolute Gasteiger partial charge is 0.0256 e. The van der Waals surface area contributed by atoms with Crippen LogP contribution in [0.15, 0.2) is 53.4 Å². The van der Waals surface area contributed by atoms with E-state index in [2.05, 4.69) is 86.1 Å². The highest BCUT2D eigenvalue weighted by atomic mass is 32.2. The van der Waals surface area contributed by atoms with Gasteiger partial charge in [0.1, 0.15) is 0 Å². The van der Waals surface area contributed by atoms with Gasteiger partial charge in [-0.3, -0.25) is 0 Å². The van der Waals surface area contributed by atoms with Crippen LogP contribution >= 0.6 is 11.8 Å². The van der Waals surface area contributed by atoms with E-state index in [9.17, 15) is 0 Å². The summed E-state index contributed by atoms with van der Waals surface area (Å²) in [5.41, 5.74) is 3.47. The van der Waals surface area contributed by atoms with Crippen molar-refractivity contribution in [3.05, 3.63) is 65.2 Å². The predicted molar refractivity (Wildman–Crippen MR) is 134 cm³/mol. The average Bonchev–Trinajstić information content (AvgIpc) is 2.78. The van der Waals surface area contributed by atoms with E-state index < -0.39 is 0 Å². The van der Waals surface area contributed by atoms with E-state index in [4.69, 9.17) is 0 Å². The van der Waals surface area contributed by atoms with Crippen LogP contribution in [0.1, 0.15) is 88.3 Å². The predicted octanol–water partition coefficient (Wildman–Crippen LogP) is 8.28. The van der Waals surface area contributed by atoms with Crippen molar-refractivity contribution in [3.63, 3.8) is 0 Å². The molecule has 0 saturated carbocycles. The molecular formula is C29H36S. The fraction of sp³-hybridized carbons (Fsp3) is 0.448. The van der Waals surface area contributed by atoms with Crippen LogP contribution in [-0.4, -0.2) is 5.75 Å². The molecular weight excluding hydrogens is 380 g/mol. The highest BCUT2D eigenvalue weighted by molar-refractivity contribution is 7.99. The van der Waals surface area contributed by atoms with Crippen LogP contribution in [0.2, 0.25) is 0 Å². The highest BCUT2D eigenvalue weighted by Crippen LogP contribution is 2.20. The lowest BCUT2D eigenvalue weighted by Gasteiger charge is -2.01. The van der Waals surface area contributed by atoms with Crippen LogP contribution in [0.4, 0.5) is 0 Å². The quantitative estimate of drug-likeness (QED) is 0.190. The van der Waals surface area contributed by atoms with Gasteiger partial charge in [0.2, 0.25) is 0 Å². The summed E-state index contributed by atoms with van der Waals surface area (Å²) in [6.07, 6.45) is 13.1. The molecule has 0 unspecified atom stereocenters. The van der Waals surface area contributed by atoms with E-state index in [0.29, 0.717) is 0 Å². The molecule has 0 fully saturated rings. The third-order valence-electron chi connectivity index (χ3n) is 5.12. The molecule has 0 heterocycles. The van der Waals surface area contributed by atoms with Gasteiger partial charge >= 0.3 is 0 Å². The Hall–Kier alpha value is -2.09. The first-order valence-corrected chi connectivity index (χ1v) is 12.6.